The van der Waals surface area contributed by atoms with Crippen molar-refractivity contribution in [1.29, 1.82) is 0 Å². The molecule has 0 unspecified atom stereocenters. The number of carbonyl (C=O) groups is 1. The van der Waals surface area contributed by atoms with E-state index in [-0.39, 0.29) is 5.56 Å². The summed E-state index contributed by atoms with van der Waals surface area (Å²) in [4.78, 5) is 20.4. The molecule has 0 saturated carbocycles. The number of hydrogen-bond donors (Lipinski definition) is 1. The Balaban J connectivity index is 3.49. The third-order valence-corrected chi connectivity index (χ3v) is 1.96. The van der Waals surface area contributed by atoms with Gasteiger partial charge < -0.3 is 5.11 Å². The lowest BCUT2D eigenvalue weighted by atomic mass is 10.1. The normalized spacial score (nSPS) is 10.5. The number of nitrogens with zero attached hydrogens (tertiary/aromatic N) is 1. The lowest BCUT2D eigenvalue weighted by Crippen LogP contribution is -2.00. The van der Waals surface area contributed by atoms with E-state index in [1.807, 2.05) is 0 Å². The van der Waals surface area contributed by atoms with Gasteiger partial charge in [0, 0.05) is 6.07 Å². The van der Waals surface area contributed by atoms with Crippen LogP contribution in [0.5, 0.6) is 5.75 Å². The molecule has 1 aromatic rings. The van der Waals surface area contributed by atoms with E-state index < -0.39 is 34.1 Å². The molecule has 7 heteroatoms. The monoisotopic (exact) mass is 231 g/mol. The fourth-order valence-corrected chi connectivity index (χ4v) is 1.21. The Morgan fingerprint density at radius 2 is 2.06 bits per heavy atom. The largest absolute Gasteiger partial charge is 0.507 e. The van der Waals surface area contributed by atoms with Gasteiger partial charge in [0.25, 0.3) is 12.1 Å². The van der Waals surface area contributed by atoms with Crippen molar-refractivity contribution in [2.45, 2.75) is 13.3 Å². The first-order valence-electron chi connectivity index (χ1n) is 4.15. The van der Waals surface area contributed by atoms with Gasteiger partial charge in [0.15, 0.2) is 5.78 Å². The van der Waals surface area contributed by atoms with E-state index in [9.17, 15) is 28.8 Å². The van der Waals surface area contributed by atoms with E-state index in [2.05, 4.69) is 0 Å². The molecule has 0 bridgehead atoms. The first-order valence-corrected chi connectivity index (χ1v) is 4.15. The van der Waals surface area contributed by atoms with Gasteiger partial charge in [0.1, 0.15) is 5.75 Å². The molecule has 1 rings (SSSR count). The van der Waals surface area contributed by atoms with Crippen molar-refractivity contribution in [2.75, 3.05) is 0 Å². The summed E-state index contributed by atoms with van der Waals surface area (Å²) < 4.78 is 24.8. The van der Waals surface area contributed by atoms with Gasteiger partial charge in [-0.15, -0.1) is 0 Å². The zero-order chi connectivity index (χ0) is 12.5. The van der Waals surface area contributed by atoms with Crippen molar-refractivity contribution in [3.8, 4) is 5.75 Å². The third kappa shape index (κ3) is 2.13. The van der Waals surface area contributed by atoms with Crippen LogP contribution in [0.3, 0.4) is 0 Å². The Morgan fingerprint density at radius 1 is 1.50 bits per heavy atom. The zero-order valence-corrected chi connectivity index (χ0v) is 8.11. The van der Waals surface area contributed by atoms with Crippen LogP contribution < -0.4 is 0 Å². The zero-order valence-electron chi connectivity index (χ0n) is 8.11. The number of hydrogen-bond acceptors (Lipinski definition) is 4. The van der Waals surface area contributed by atoms with Gasteiger partial charge in [-0.05, 0) is 13.0 Å². The number of rotatable bonds is 3. The predicted octanol–water partition coefficient (Wildman–Crippen LogP) is 2.44. The van der Waals surface area contributed by atoms with Crippen molar-refractivity contribution in [1.82, 2.24) is 0 Å². The topological polar surface area (TPSA) is 80.4 Å². The van der Waals surface area contributed by atoms with Gasteiger partial charge >= 0.3 is 0 Å². The molecule has 0 aliphatic heterocycles. The van der Waals surface area contributed by atoms with Gasteiger partial charge in [0.05, 0.1) is 16.1 Å². The van der Waals surface area contributed by atoms with E-state index >= 15 is 0 Å². The Morgan fingerprint density at radius 3 is 2.44 bits per heavy atom. The van der Waals surface area contributed by atoms with Crippen molar-refractivity contribution in [3.63, 3.8) is 0 Å². The van der Waals surface area contributed by atoms with Crippen LogP contribution in [0.15, 0.2) is 12.1 Å². The Hall–Kier alpha value is -2.05. The molecule has 0 heterocycles. The number of benzene rings is 1. The van der Waals surface area contributed by atoms with Gasteiger partial charge in [-0.1, -0.05) is 0 Å². The molecule has 86 valence electrons. The molecule has 5 nitrogen and oxygen atoms in total. The van der Waals surface area contributed by atoms with Crippen molar-refractivity contribution >= 4 is 11.5 Å². The van der Waals surface area contributed by atoms with E-state index in [0.29, 0.717) is 12.1 Å². The second kappa shape index (κ2) is 4.21. The molecule has 0 aliphatic carbocycles. The van der Waals surface area contributed by atoms with Crippen LogP contribution in [0.1, 0.15) is 29.3 Å². The molecule has 0 radical (unpaired) electrons. The van der Waals surface area contributed by atoms with Crippen LogP contribution >= 0.6 is 0 Å². The van der Waals surface area contributed by atoms with Gasteiger partial charge in [-0.3, -0.25) is 14.9 Å². The van der Waals surface area contributed by atoms with Crippen LogP contribution in [-0.2, 0) is 0 Å². The number of aromatic hydroxyl groups is 1. The minimum absolute atomic E-state index is 0.351. The second-order valence-electron chi connectivity index (χ2n) is 3.04. The fourth-order valence-electron chi connectivity index (χ4n) is 1.21. The van der Waals surface area contributed by atoms with Crippen LogP contribution in [0.4, 0.5) is 14.5 Å². The molecule has 1 aromatic carbocycles. The standard InChI is InChI=1S/C9H7F2NO4/c1-4(13)5-2-7(12(15)16)6(9(10)11)3-8(5)14/h2-3,9,14H,1H3. The van der Waals surface area contributed by atoms with Crippen molar-refractivity contribution in [2.24, 2.45) is 0 Å². The Labute approximate surface area is 88.5 Å². The molecule has 0 atom stereocenters. The number of nitro benzene ring substituents is 1. The molecule has 0 fully saturated rings. The molecule has 1 N–H and O–H groups in total. The molecule has 0 aliphatic rings. The van der Waals surface area contributed by atoms with E-state index in [1.165, 1.54) is 0 Å². The minimum Gasteiger partial charge on any atom is -0.507 e. The molecular formula is C9H7F2NO4. The van der Waals surface area contributed by atoms with Gasteiger partial charge in [-0.25, -0.2) is 8.78 Å². The van der Waals surface area contributed by atoms with Crippen LogP contribution in [-0.4, -0.2) is 15.8 Å². The summed E-state index contributed by atoms with van der Waals surface area (Å²) in [5.41, 5.74) is -2.14. The Bertz CT molecular complexity index is 459. The number of carbonyl (C=O) groups excluding carboxylic acids is 1. The predicted molar refractivity (Wildman–Crippen MR) is 49.7 cm³/mol. The number of halogens is 2. The average Bonchev–Trinajstić information content (AvgIpc) is 2.15. The van der Waals surface area contributed by atoms with E-state index in [1.54, 1.807) is 0 Å². The lowest BCUT2D eigenvalue weighted by molar-refractivity contribution is -0.386. The summed E-state index contributed by atoms with van der Waals surface area (Å²) in [5, 5.41) is 19.7. The summed E-state index contributed by atoms with van der Waals surface area (Å²) in [7, 11) is 0. The summed E-state index contributed by atoms with van der Waals surface area (Å²) in [5.74, 6) is -1.32. The number of phenolic OH excluding ortho intramolecular Hbond substituents is 1. The smallest absolute Gasteiger partial charge is 0.279 e. The maximum atomic E-state index is 12.4. The molecule has 0 aromatic heterocycles. The molecule has 0 saturated heterocycles. The molecule has 0 amide bonds. The van der Waals surface area contributed by atoms with Gasteiger partial charge in [-0.2, -0.15) is 0 Å². The molecule has 0 spiro atoms. The maximum Gasteiger partial charge on any atom is 0.279 e. The molecular weight excluding hydrogens is 224 g/mol. The highest BCUT2D eigenvalue weighted by Crippen LogP contribution is 2.34. The van der Waals surface area contributed by atoms with Crippen molar-refractivity contribution < 1.29 is 23.6 Å². The SMILES string of the molecule is CC(=O)c1cc([N+](=O)[O-])c(C(F)F)cc1O. The quantitative estimate of drug-likeness (QED) is 0.492. The number of nitro groups is 1. The Kier molecular flexibility index (Phi) is 3.17. The average molecular weight is 231 g/mol. The summed E-state index contributed by atoms with van der Waals surface area (Å²) in [6.07, 6.45) is -3.09. The highest BCUT2D eigenvalue weighted by atomic mass is 19.3. The van der Waals surface area contributed by atoms with Crippen molar-refractivity contribution in [3.05, 3.63) is 33.4 Å². The van der Waals surface area contributed by atoms with Crippen LogP contribution in [0, 0.1) is 10.1 Å². The van der Waals surface area contributed by atoms with Crippen LogP contribution in [0.2, 0.25) is 0 Å². The van der Waals surface area contributed by atoms with E-state index in [4.69, 9.17) is 0 Å². The highest BCUT2D eigenvalue weighted by Gasteiger charge is 2.25. The number of Topliss-reactive ketones (excluding diaryl/α,β-unsaturated/α-hetero) is 1. The summed E-state index contributed by atoms with van der Waals surface area (Å²) in [6, 6.07) is 1.19. The van der Waals surface area contributed by atoms with E-state index in [0.717, 1.165) is 6.92 Å². The number of phenols is 1. The second-order valence-corrected chi connectivity index (χ2v) is 3.04. The summed E-state index contributed by atoms with van der Waals surface area (Å²) in [6.45, 7) is 1.07. The maximum absolute atomic E-state index is 12.4. The van der Waals surface area contributed by atoms with Gasteiger partial charge in [0.2, 0.25) is 0 Å². The minimum atomic E-state index is -3.09. The number of alkyl halides is 2. The highest BCUT2D eigenvalue weighted by molar-refractivity contribution is 5.97. The third-order valence-electron chi connectivity index (χ3n) is 1.96. The lowest BCUT2D eigenvalue weighted by Gasteiger charge is -2.05. The van der Waals surface area contributed by atoms with Crippen LogP contribution in [0.25, 0.3) is 0 Å². The first kappa shape index (κ1) is 12.0. The number of ketones is 1. The fraction of sp³-hybridized carbons (Fsp3) is 0.222. The molecule has 16 heavy (non-hydrogen) atoms. The first-order chi connectivity index (χ1) is 7.34. The summed E-state index contributed by atoms with van der Waals surface area (Å²) >= 11 is 0.